The number of oxazole rings is 1. The number of piperidine rings is 1. The van der Waals surface area contributed by atoms with Gasteiger partial charge in [-0.25, -0.2) is 4.98 Å². The van der Waals surface area contributed by atoms with Crippen molar-refractivity contribution in [2.45, 2.75) is 12.8 Å². The van der Waals surface area contributed by atoms with Crippen molar-refractivity contribution in [2.24, 2.45) is 0 Å². The van der Waals surface area contributed by atoms with Gasteiger partial charge in [-0.3, -0.25) is 9.59 Å². The first kappa shape index (κ1) is 11.0. The van der Waals surface area contributed by atoms with Crippen molar-refractivity contribution in [1.82, 2.24) is 9.88 Å². The summed E-state index contributed by atoms with van der Waals surface area (Å²) in [5, 5.41) is 0. The minimum atomic E-state index is -0.124. The normalized spacial score (nSPS) is 16.2. The first-order valence-electron chi connectivity index (χ1n) is 5.88. The van der Waals surface area contributed by atoms with E-state index < -0.39 is 0 Å². The van der Waals surface area contributed by atoms with Crippen molar-refractivity contribution in [2.75, 3.05) is 13.1 Å². The first-order valence-corrected chi connectivity index (χ1v) is 5.88. The number of benzene rings is 1. The molecule has 0 unspecified atom stereocenters. The number of hydrogen-bond donors (Lipinski definition) is 0. The highest BCUT2D eigenvalue weighted by atomic mass is 16.3. The molecule has 2 heterocycles. The van der Waals surface area contributed by atoms with Gasteiger partial charge in [0, 0.05) is 18.5 Å². The molecule has 0 N–H and O–H groups in total. The predicted octanol–water partition coefficient (Wildman–Crippen LogP) is 1.63. The van der Waals surface area contributed by atoms with E-state index in [2.05, 4.69) is 4.98 Å². The molecule has 0 saturated carbocycles. The van der Waals surface area contributed by atoms with Gasteiger partial charge in [0.15, 0.2) is 17.8 Å². The van der Waals surface area contributed by atoms with Gasteiger partial charge >= 0.3 is 0 Å². The van der Waals surface area contributed by atoms with Crippen LogP contribution < -0.4 is 0 Å². The summed E-state index contributed by atoms with van der Waals surface area (Å²) in [7, 11) is 0. The van der Waals surface area contributed by atoms with Crippen LogP contribution in [0.15, 0.2) is 29.0 Å². The number of amides is 1. The molecule has 1 aliphatic heterocycles. The molecule has 1 amide bonds. The number of Topliss-reactive ketones (excluding diaryl/α,β-unsaturated/α-hetero) is 1. The highest BCUT2D eigenvalue weighted by Crippen LogP contribution is 2.17. The number of rotatable bonds is 1. The van der Waals surface area contributed by atoms with Crippen LogP contribution in [0.5, 0.6) is 0 Å². The van der Waals surface area contributed by atoms with E-state index in [1.54, 1.807) is 23.1 Å². The molecular weight excluding hydrogens is 232 g/mol. The molecule has 5 heteroatoms. The monoisotopic (exact) mass is 244 g/mol. The van der Waals surface area contributed by atoms with Gasteiger partial charge in [-0.1, -0.05) is 0 Å². The average molecular weight is 244 g/mol. The fourth-order valence-electron chi connectivity index (χ4n) is 2.18. The Hall–Kier alpha value is -2.17. The SMILES string of the molecule is O=C1CCCN(C(=O)c2ccc3ncoc3c2)C1. The average Bonchev–Trinajstić information content (AvgIpc) is 2.85. The lowest BCUT2D eigenvalue weighted by Crippen LogP contribution is -2.40. The molecule has 0 bridgehead atoms. The van der Waals surface area contributed by atoms with Crippen LogP contribution in [-0.2, 0) is 4.79 Å². The summed E-state index contributed by atoms with van der Waals surface area (Å²) in [5.74, 6) is -0.00306. The Morgan fingerprint density at radius 3 is 3.11 bits per heavy atom. The van der Waals surface area contributed by atoms with Crippen LogP contribution in [0.1, 0.15) is 23.2 Å². The largest absolute Gasteiger partial charge is 0.443 e. The van der Waals surface area contributed by atoms with E-state index in [9.17, 15) is 9.59 Å². The summed E-state index contributed by atoms with van der Waals surface area (Å²) in [5.41, 5.74) is 1.85. The van der Waals surface area contributed by atoms with Crippen molar-refractivity contribution in [3.8, 4) is 0 Å². The Bertz CT molecular complexity index is 617. The lowest BCUT2D eigenvalue weighted by Gasteiger charge is -2.25. The molecule has 1 saturated heterocycles. The van der Waals surface area contributed by atoms with Crippen LogP contribution in [0.4, 0.5) is 0 Å². The number of aromatic nitrogens is 1. The summed E-state index contributed by atoms with van der Waals surface area (Å²) >= 11 is 0. The van der Waals surface area contributed by atoms with Crippen LogP contribution in [0.3, 0.4) is 0 Å². The zero-order chi connectivity index (χ0) is 12.5. The molecule has 0 atom stereocenters. The molecule has 1 aromatic carbocycles. The van der Waals surface area contributed by atoms with Crippen LogP contribution in [0, 0.1) is 0 Å². The number of hydrogen-bond acceptors (Lipinski definition) is 4. The fraction of sp³-hybridized carbons (Fsp3) is 0.308. The standard InChI is InChI=1S/C13H12N2O3/c16-10-2-1-5-15(7-10)13(17)9-3-4-11-12(6-9)18-8-14-11/h3-4,6,8H,1-2,5,7H2. The molecule has 18 heavy (non-hydrogen) atoms. The molecule has 1 aliphatic rings. The van der Waals surface area contributed by atoms with E-state index in [0.29, 0.717) is 24.1 Å². The van der Waals surface area contributed by atoms with Crippen molar-refractivity contribution >= 4 is 22.8 Å². The lowest BCUT2D eigenvalue weighted by atomic mass is 10.1. The number of likely N-dealkylation sites (tertiary alicyclic amines) is 1. The predicted molar refractivity (Wildman–Crippen MR) is 64.2 cm³/mol. The van der Waals surface area contributed by atoms with Gasteiger partial charge in [-0.2, -0.15) is 0 Å². The number of carbonyl (C=O) groups is 2. The van der Waals surface area contributed by atoms with Crippen LogP contribution >= 0.6 is 0 Å². The van der Waals surface area contributed by atoms with Crippen LogP contribution in [0.25, 0.3) is 11.1 Å². The topological polar surface area (TPSA) is 63.4 Å². The summed E-state index contributed by atoms with van der Waals surface area (Å²) in [4.78, 5) is 29.2. The number of fused-ring (bicyclic) bond motifs is 1. The van der Waals surface area contributed by atoms with Crippen LogP contribution in [0.2, 0.25) is 0 Å². The lowest BCUT2D eigenvalue weighted by molar-refractivity contribution is -0.121. The summed E-state index contributed by atoms with van der Waals surface area (Å²) in [6.07, 6.45) is 2.67. The number of nitrogens with zero attached hydrogens (tertiary/aromatic N) is 2. The Balaban J connectivity index is 1.88. The third-order valence-corrected chi connectivity index (χ3v) is 3.12. The highest BCUT2D eigenvalue weighted by Gasteiger charge is 2.22. The Labute approximate surface area is 103 Å². The van der Waals surface area contributed by atoms with Gasteiger partial charge < -0.3 is 9.32 Å². The van der Waals surface area contributed by atoms with Crippen molar-refractivity contribution in [3.63, 3.8) is 0 Å². The summed E-state index contributed by atoms with van der Waals surface area (Å²) in [6, 6.07) is 5.13. The van der Waals surface area contributed by atoms with Crippen molar-refractivity contribution in [1.29, 1.82) is 0 Å². The quantitative estimate of drug-likeness (QED) is 0.764. The van der Waals surface area contributed by atoms with E-state index in [-0.39, 0.29) is 18.2 Å². The van der Waals surface area contributed by atoms with E-state index >= 15 is 0 Å². The van der Waals surface area contributed by atoms with Gasteiger partial charge in [0.2, 0.25) is 0 Å². The zero-order valence-electron chi connectivity index (χ0n) is 9.76. The number of carbonyl (C=O) groups excluding carboxylic acids is 2. The fourth-order valence-corrected chi connectivity index (χ4v) is 2.18. The zero-order valence-corrected chi connectivity index (χ0v) is 9.76. The molecule has 0 radical (unpaired) electrons. The second-order valence-corrected chi connectivity index (χ2v) is 4.40. The first-order chi connectivity index (χ1) is 8.74. The van der Waals surface area contributed by atoms with Crippen molar-refractivity contribution in [3.05, 3.63) is 30.2 Å². The maximum absolute atomic E-state index is 12.2. The molecule has 0 aliphatic carbocycles. The van der Waals surface area contributed by atoms with Crippen molar-refractivity contribution < 1.29 is 14.0 Å². The second-order valence-electron chi connectivity index (χ2n) is 4.40. The maximum Gasteiger partial charge on any atom is 0.254 e. The second kappa shape index (κ2) is 4.25. The maximum atomic E-state index is 12.2. The molecule has 0 spiro atoms. The number of ketones is 1. The van der Waals surface area contributed by atoms with Gasteiger partial charge in [0.05, 0.1) is 6.54 Å². The molecule has 1 aromatic heterocycles. The summed E-state index contributed by atoms with van der Waals surface area (Å²) in [6.45, 7) is 0.853. The van der Waals surface area contributed by atoms with Gasteiger partial charge in [-0.15, -0.1) is 0 Å². The van der Waals surface area contributed by atoms with Gasteiger partial charge in [0.1, 0.15) is 5.52 Å². The third kappa shape index (κ3) is 1.88. The minimum Gasteiger partial charge on any atom is -0.443 e. The van der Waals surface area contributed by atoms with Gasteiger partial charge in [0.25, 0.3) is 5.91 Å². The Morgan fingerprint density at radius 1 is 1.39 bits per heavy atom. The summed E-state index contributed by atoms with van der Waals surface area (Å²) < 4.78 is 5.17. The van der Waals surface area contributed by atoms with E-state index in [1.165, 1.54) is 6.39 Å². The third-order valence-electron chi connectivity index (χ3n) is 3.12. The molecule has 2 aromatic rings. The minimum absolute atomic E-state index is 0.121. The molecular formula is C13H12N2O3. The molecule has 3 rings (SSSR count). The highest BCUT2D eigenvalue weighted by molar-refractivity contribution is 5.99. The molecule has 5 nitrogen and oxygen atoms in total. The molecule has 1 fully saturated rings. The smallest absolute Gasteiger partial charge is 0.254 e. The van der Waals surface area contributed by atoms with E-state index in [1.807, 2.05) is 0 Å². The Morgan fingerprint density at radius 2 is 2.28 bits per heavy atom. The van der Waals surface area contributed by atoms with E-state index in [4.69, 9.17) is 4.42 Å². The van der Waals surface area contributed by atoms with Gasteiger partial charge in [-0.05, 0) is 24.6 Å². The molecule has 92 valence electrons. The van der Waals surface area contributed by atoms with E-state index in [0.717, 1.165) is 11.9 Å². The van der Waals surface area contributed by atoms with Crippen LogP contribution in [-0.4, -0.2) is 34.7 Å². The Kier molecular flexibility index (Phi) is 2.59.